The molecule has 21 heavy (non-hydrogen) atoms. The minimum Gasteiger partial charge on any atom is -0.490 e. The molecule has 6 nitrogen and oxygen atoms in total. The Bertz CT molecular complexity index is 603. The zero-order valence-corrected chi connectivity index (χ0v) is 13.6. The molecule has 0 fully saturated rings. The maximum atomic E-state index is 11.4. The lowest BCUT2D eigenvalue weighted by Gasteiger charge is -2.17. The Balaban J connectivity index is 2.82. The Morgan fingerprint density at radius 1 is 1.43 bits per heavy atom. The van der Waals surface area contributed by atoms with E-state index < -0.39 is 21.8 Å². The van der Waals surface area contributed by atoms with Crippen LogP contribution in [0, 0.1) is 0 Å². The molecule has 118 valence electrons. The molecule has 0 spiro atoms. The molecule has 0 saturated heterocycles. The van der Waals surface area contributed by atoms with E-state index in [0.29, 0.717) is 16.5 Å². The Morgan fingerprint density at radius 3 is 2.67 bits per heavy atom. The highest BCUT2D eigenvalue weighted by Gasteiger charge is 2.15. The maximum Gasteiger partial charge on any atom is 0.327 e. The van der Waals surface area contributed by atoms with Crippen molar-refractivity contribution in [2.75, 3.05) is 31.0 Å². The number of anilines is 1. The van der Waals surface area contributed by atoms with E-state index in [1.165, 1.54) is 7.11 Å². The summed E-state index contributed by atoms with van der Waals surface area (Å²) >= 11 is 5.91. The number of carbonyl (C=O) groups is 1. The van der Waals surface area contributed by atoms with Gasteiger partial charge < -0.3 is 14.8 Å². The van der Waals surface area contributed by atoms with Crippen LogP contribution in [0.15, 0.2) is 18.2 Å². The lowest BCUT2D eigenvalue weighted by atomic mass is 10.2. The van der Waals surface area contributed by atoms with Crippen LogP contribution in [0.1, 0.15) is 6.92 Å². The molecular formula is C13H18ClNO5S. The van der Waals surface area contributed by atoms with Crippen molar-refractivity contribution in [1.82, 2.24) is 0 Å². The molecule has 1 aromatic carbocycles. The summed E-state index contributed by atoms with van der Waals surface area (Å²) in [6.07, 6.45) is 1.14. The fourth-order valence-corrected chi connectivity index (χ4v) is 2.07. The Kier molecular flexibility index (Phi) is 6.29. The Labute approximate surface area is 129 Å². The van der Waals surface area contributed by atoms with Gasteiger partial charge in [0.15, 0.2) is 9.84 Å². The van der Waals surface area contributed by atoms with Gasteiger partial charge in [-0.25, -0.2) is 13.2 Å². The van der Waals surface area contributed by atoms with E-state index in [1.807, 2.05) is 0 Å². The smallest absolute Gasteiger partial charge is 0.327 e. The third-order valence-electron chi connectivity index (χ3n) is 2.58. The number of esters is 1. The molecule has 0 bridgehead atoms. The molecule has 0 aliphatic carbocycles. The van der Waals surface area contributed by atoms with Crippen molar-refractivity contribution in [2.45, 2.75) is 13.0 Å². The van der Waals surface area contributed by atoms with Crippen molar-refractivity contribution in [3.8, 4) is 5.75 Å². The molecule has 0 heterocycles. The molecule has 0 saturated carbocycles. The van der Waals surface area contributed by atoms with Crippen molar-refractivity contribution >= 4 is 33.1 Å². The van der Waals surface area contributed by atoms with Gasteiger partial charge in [0.1, 0.15) is 18.4 Å². The number of ether oxygens (including phenoxy) is 2. The Morgan fingerprint density at radius 2 is 2.10 bits per heavy atom. The largest absolute Gasteiger partial charge is 0.490 e. The van der Waals surface area contributed by atoms with Gasteiger partial charge in [-0.1, -0.05) is 11.6 Å². The van der Waals surface area contributed by atoms with Crippen LogP contribution in [-0.4, -0.2) is 46.2 Å². The van der Waals surface area contributed by atoms with Gasteiger partial charge in [-0.2, -0.15) is 0 Å². The molecule has 0 radical (unpaired) electrons. The van der Waals surface area contributed by atoms with Crippen molar-refractivity contribution in [3.05, 3.63) is 23.2 Å². The molecule has 0 aromatic heterocycles. The third kappa shape index (κ3) is 6.22. The fraction of sp³-hybridized carbons (Fsp3) is 0.462. The van der Waals surface area contributed by atoms with Gasteiger partial charge in [0.25, 0.3) is 0 Å². The normalized spacial score (nSPS) is 12.6. The number of halogens is 1. The van der Waals surface area contributed by atoms with Crippen molar-refractivity contribution < 1.29 is 22.7 Å². The van der Waals surface area contributed by atoms with E-state index >= 15 is 0 Å². The van der Waals surface area contributed by atoms with Crippen molar-refractivity contribution in [2.24, 2.45) is 0 Å². The maximum absolute atomic E-state index is 11.4. The number of hydrogen-bond donors (Lipinski definition) is 1. The molecule has 0 aliphatic heterocycles. The van der Waals surface area contributed by atoms with Crippen LogP contribution < -0.4 is 10.1 Å². The molecule has 8 heteroatoms. The number of nitrogens with one attached hydrogen (secondary N) is 1. The molecule has 1 rings (SSSR count). The van der Waals surface area contributed by atoms with E-state index in [4.69, 9.17) is 16.3 Å². The van der Waals surface area contributed by atoms with Gasteiger partial charge >= 0.3 is 5.97 Å². The first kappa shape index (κ1) is 17.6. The van der Waals surface area contributed by atoms with Gasteiger partial charge in [0.2, 0.25) is 0 Å². The summed E-state index contributed by atoms with van der Waals surface area (Å²) in [6.45, 7) is 1.65. The molecule has 0 aliphatic rings. The summed E-state index contributed by atoms with van der Waals surface area (Å²) in [5, 5.41) is 3.38. The second kappa shape index (κ2) is 7.51. The first-order valence-electron chi connectivity index (χ1n) is 6.17. The van der Waals surface area contributed by atoms with Crippen LogP contribution in [0.3, 0.4) is 0 Å². The first-order chi connectivity index (χ1) is 9.73. The van der Waals surface area contributed by atoms with Crippen LogP contribution in [-0.2, 0) is 19.4 Å². The van der Waals surface area contributed by atoms with Crippen LogP contribution >= 0.6 is 11.6 Å². The fourth-order valence-electron chi connectivity index (χ4n) is 1.51. The summed E-state index contributed by atoms with van der Waals surface area (Å²) in [5.41, 5.74) is 0.494. The molecule has 1 unspecified atom stereocenters. The number of rotatable bonds is 7. The molecule has 1 atom stereocenters. The van der Waals surface area contributed by atoms with Gasteiger partial charge in [-0.3, -0.25) is 0 Å². The first-order valence-corrected chi connectivity index (χ1v) is 8.61. The second-order valence-corrected chi connectivity index (χ2v) is 7.20. The van der Waals surface area contributed by atoms with E-state index in [2.05, 4.69) is 10.1 Å². The average Bonchev–Trinajstić information content (AvgIpc) is 2.38. The highest BCUT2D eigenvalue weighted by atomic mass is 35.5. The number of hydrogen-bond acceptors (Lipinski definition) is 6. The third-order valence-corrected chi connectivity index (χ3v) is 3.72. The average molecular weight is 336 g/mol. The van der Waals surface area contributed by atoms with E-state index in [-0.39, 0.29) is 12.4 Å². The predicted molar refractivity (Wildman–Crippen MR) is 81.8 cm³/mol. The lowest BCUT2D eigenvalue weighted by molar-refractivity contribution is -0.141. The summed E-state index contributed by atoms with van der Waals surface area (Å²) in [4.78, 5) is 11.4. The van der Waals surface area contributed by atoms with Crippen LogP contribution in [0.25, 0.3) is 0 Å². The van der Waals surface area contributed by atoms with Gasteiger partial charge in [0, 0.05) is 11.3 Å². The summed E-state index contributed by atoms with van der Waals surface area (Å²) in [7, 11) is -1.81. The van der Waals surface area contributed by atoms with Crippen LogP contribution in [0.2, 0.25) is 5.02 Å². The number of sulfone groups is 1. The van der Waals surface area contributed by atoms with E-state index in [0.717, 1.165) is 6.26 Å². The zero-order valence-electron chi connectivity index (χ0n) is 12.1. The monoisotopic (exact) mass is 335 g/mol. The summed E-state index contributed by atoms with van der Waals surface area (Å²) in [6, 6.07) is 4.23. The molecule has 1 N–H and O–H groups in total. The Hall–Kier alpha value is -1.47. The minimum atomic E-state index is -3.10. The van der Waals surface area contributed by atoms with Crippen LogP contribution in [0.5, 0.6) is 5.75 Å². The van der Waals surface area contributed by atoms with Gasteiger partial charge in [0.05, 0.1) is 18.6 Å². The zero-order chi connectivity index (χ0) is 16.0. The second-order valence-electron chi connectivity index (χ2n) is 4.51. The lowest BCUT2D eigenvalue weighted by Crippen LogP contribution is -2.27. The summed E-state index contributed by atoms with van der Waals surface area (Å²) < 4.78 is 32.2. The van der Waals surface area contributed by atoms with Crippen molar-refractivity contribution in [1.29, 1.82) is 0 Å². The van der Waals surface area contributed by atoms with Gasteiger partial charge in [-0.15, -0.1) is 0 Å². The number of benzene rings is 1. The SMILES string of the molecule is COC(=O)C(C)Nc1cc(Cl)ccc1OCCS(C)(=O)=O. The topological polar surface area (TPSA) is 81.7 Å². The number of methoxy groups -OCH3 is 1. The minimum absolute atomic E-state index is 0.0156. The van der Waals surface area contributed by atoms with Crippen molar-refractivity contribution in [3.63, 3.8) is 0 Å². The molecular weight excluding hydrogens is 318 g/mol. The van der Waals surface area contributed by atoms with Crippen LogP contribution in [0.4, 0.5) is 5.69 Å². The number of carbonyl (C=O) groups excluding carboxylic acids is 1. The van der Waals surface area contributed by atoms with Gasteiger partial charge in [-0.05, 0) is 25.1 Å². The summed E-state index contributed by atoms with van der Waals surface area (Å²) in [5.74, 6) is -0.113. The van der Waals surface area contributed by atoms with E-state index in [9.17, 15) is 13.2 Å². The highest BCUT2D eigenvalue weighted by Crippen LogP contribution is 2.28. The molecule has 1 aromatic rings. The standard InChI is InChI=1S/C13H18ClNO5S/c1-9(13(16)19-2)15-11-8-10(14)4-5-12(11)20-6-7-21(3,17)18/h4-5,8-9,15H,6-7H2,1-3H3. The van der Waals surface area contributed by atoms with E-state index in [1.54, 1.807) is 25.1 Å². The predicted octanol–water partition coefficient (Wildman–Crippen LogP) is 1.74. The quantitative estimate of drug-likeness (QED) is 0.764. The highest BCUT2D eigenvalue weighted by molar-refractivity contribution is 7.90. The molecule has 0 amide bonds.